The van der Waals surface area contributed by atoms with Gasteiger partial charge in [0.2, 0.25) is 0 Å². The summed E-state index contributed by atoms with van der Waals surface area (Å²) in [6.07, 6.45) is 0. The van der Waals surface area contributed by atoms with Crippen LogP contribution in [-0.4, -0.2) is 5.91 Å². The highest BCUT2D eigenvalue weighted by atomic mass is 35.5. The number of hydrogen-bond acceptors (Lipinski definition) is 2. The molecule has 0 bridgehead atoms. The highest BCUT2D eigenvalue weighted by Gasteiger charge is 2.30. The second-order valence-corrected chi connectivity index (χ2v) is 5.19. The first kappa shape index (κ1) is 12.9. The molecule has 0 fully saturated rings. The van der Waals surface area contributed by atoms with Gasteiger partial charge >= 0.3 is 0 Å². The van der Waals surface area contributed by atoms with Crippen molar-refractivity contribution >= 4 is 28.9 Å². The number of benzene rings is 2. The Morgan fingerprint density at radius 2 is 2.05 bits per heavy atom. The molecule has 20 heavy (non-hydrogen) atoms. The molecule has 3 rings (SSSR count). The molecule has 102 valence electrons. The van der Waals surface area contributed by atoms with Gasteiger partial charge in [-0.1, -0.05) is 29.3 Å². The van der Waals surface area contributed by atoms with Gasteiger partial charge in [-0.15, -0.1) is 0 Å². The second-order valence-electron chi connectivity index (χ2n) is 4.79. The van der Waals surface area contributed by atoms with Crippen LogP contribution in [0.4, 0.5) is 15.8 Å². The first-order valence-corrected chi connectivity index (χ1v) is 6.55. The normalized spacial score (nSPS) is 16.8. The van der Waals surface area contributed by atoms with Crippen molar-refractivity contribution in [1.82, 2.24) is 0 Å². The Labute approximate surface area is 120 Å². The fraction of sp³-hybridized carbons (Fsp3) is 0.133. The van der Waals surface area contributed by atoms with E-state index < -0.39 is 11.9 Å². The third-order valence-corrected chi connectivity index (χ3v) is 3.58. The maximum atomic E-state index is 13.4. The first-order chi connectivity index (χ1) is 9.54. The molecule has 1 atom stereocenters. The highest BCUT2D eigenvalue weighted by Crippen LogP contribution is 2.34. The largest absolute Gasteiger partial charge is 0.370 e. The van der Waals surface area contributed by atoms with Gasteiger partial charge < -0.3 is 10.6 Å². The van der Waals surface area contributed by atoms with E-state index in [1.807, 2.05) is 25.1 Å². The van der Waals surface area contributed by atoms with Crippen LogP contribution in [0.2, 0.25) is 5.02 Å². The van der Waals surface area contributed by atoms with Crippen LogP contribution >= 0.6 is 11.6 Å². The number of amides is 1. The van der Waals surface area contributed by atoms with Crippen molar-refractivity contribution in [2.75, 3.05) is 10.6 Å². The molecule has 0 aliphatic carbocycles. The molecule has 2 aromatic carbocycles. The molecule has 0 saturated carbocycles. The van der Waals surface area contributed by atoms with E-state index >= 15 is 0 Å². The Morgan fingerprint density at radius 3 is 2.80 bits per heavy atom. The maximum absolute atomic E-state index is 13.4. The molecular weight excluding hydrogens is 279 g/mol. The lowest BCUT2D eigenvalue weighted by Gasteiger charge is -2.13. The van der Waals surface area contributed by atoms with Gasteiger partial charge in [0.1, 0.15) is 11.9 Å². The van der Waals surface area contributed by atoms with E-state index in [-0.39, 0.29) is 10.9 Å². The lowest BCUT2D eigenvalue weighted by atomic mass is 10.1. The Morgan fingerprint density at radius 1 is 1.25 bits per heavy atom. The van der Waals surface area contributed by atoms with Gasteiger partial charge in [-0.25, -0.2) is 4.39 Å². The molecule has 1 aliphatic rings. The van der Waals surface area contributed by atoms with Gasteiger partial charge in [-0.3, -0.25) is 4.79 Å². The minimum absolute atomic E-state index is 0.0580. The number of rotatable bonds is 2. The summed E-state index contributed by atoms with van der Waals surface area (Å²) in [5.74, 6) is -0.666. The smallest absolute Gasteiger partial charge is 0.251 e. The van der Waals surface area contributed by atoms with Crippen molar-refractivity contribution < 1.29 is 9.18 Å². The number of carbonyl (C=O) groups is 1. The highest BCUT2D eigenvalue weighted by molar-refractivity contribution is 6.30. The van der Waals surface area contributed by atoms with Gasteiger partial charge in [0.05, 0.1) is 5.02 Å². The van der Waals surface area contributed by atoms with Crippen LogP contribution in [0.15, 0.2) is 36.4 Å². The maximum Gasteiger partial charge on any atom is 0.251 e. The summed E-state index contributed by atoms with van der Waals surface area (Å²) < 4.78 is 13.4. The van der Waals surface area contributed by atoms with Gasteiger partial charge in [0.15, 0.2) is 0 Å². The summed E-state index contributed by atoms with van der Waals surface area (Å²) in [6, 6.07) is 9.61. The quantitative estimate of drug-likeness (QED) is 0.881. The minimum atomic E-state index is -0.523. The lowest BCUT2D eigenvalue weighted by Crippen LogP contribution is -2.19. The molecule has 1 aliphatic heterocycles. The molecule has 0 aromatic heterocycles. The number of hydrogen-bond donors (Lipinski definition) is 2. The van der Waals surface area contributed by atoms with Crippen LogP contribution in [0.25, 0.3) is 0 Å². The summed E-state index contributed by atoms with van der Waals surface area (Å²) in [7, 11) is 0. The zero-order chi connectivity index (χ0) is 14.3. The SMILES string of the molecule is Cc1ccc2c(c1)C(Nc1ccc(Cl)c(F)c1)C(=O)N2. The van der Waals surface area contributed by atoms with E-state index in [9.17, 15) is 9.18 Å². The van der Waals surface area contributed by atoms with E-state index in [0.717, 1.165) is 16.8 Å². The number of aryl methyl sites for hydroxylation is 1. The third kappa shape index (κ3) is 2.23. The van der Waals surface area contributed by atoms with E-state index in [4.69, 9.17) is 11.6 Å². The third-order valence-electron chi connectivity index (χ3n) is 3.27. The Balaban J connectivity index is 1.93. The number of anilines is 2. The molecule has 5 heteroatoms. The van der Waals surface area contributed by atoms with Gasteiger partial charge in [-0.05, 0) is 31.2 Å². The predicted molar refractivity (Wildman–Crippen MR) is 77.6 cm³/mol. The first-order valence-electron chi connectivity index (χ1n) is 6.17. The summed E-state index contributed by atoms with van der Waals surface area (Å²) in [5, 5.41) is 5.89. The molecule has 1 unspecified atom stereocenters. The number of fused-ring (bicyclic) bond motifs is 1. The zero-order valence-electron chi connectivity index (χ0n) is 10.7. The summed E-state index contributed by atoms with van der Waals surface area (Å²) >= 11 is 5.65. The van der Waals surface area contributed by atoms with E-state index in [2.05, 4.69) is 10.6 Å². The average Bonchev–Trinajstić information content (AvgIpc) is 2.70. The van der Waals surface area contributed by atoms with Crippen molar-refractivity contribution in [2.24, 2.45) is 0 Å². The molecule has 3 nitrogen and oxygen atoms in total. The zero-order valence-corrected chi connectivity index (χ0v) is 11.5. The van der Waals surface area contributed by atoms with Crippen LogP contribution in [0.1, 0.15) is 17.2 Å². The van der Waals surface area contributed by atoms with Crippen LogP contribution in [0.5, 0.6) is 0 Å². The standard InChI is InChI=1S/C15H12ClFN2O/c1-8-2-5-13-10(6-8)14(15(20)19-13)18-9-3-4-11(16)12(17)7-9/h2-7,14,18H,1H3,(H,19,20). The molecular formula is C15H12ClFN2O. The van der Waals surface area contributed by atoms with Crippen molar-refractivity contribution in [3.05, 3.63) is 58.4 Å². The van der Waals surface area contributed by atoms with Gasteiger partial charge in [-0.2, -0.15) is 0 Å². The van der Waals surface area contributed by atoms with E-state index in [0.29, 0.717) is 5.69 Å². The predicted octanol–water partition coefficient (Wildman–Crippen LogP) is 3.89. The van der Waals surface area contributed by atoms with Crippen molar-refractivity contribution in [2.45, 2.75) is 13.0 Å². The summed E-state index contributed by atoms with van der Waals surface area (Å²) in [6.45, 7) is 1.96. The molecule has 0 saturated heterocycles. The minimum Gasteiger partial charge on any atom is -0.370 e. The summed E-state index contributed by atoms with van der Waals surface area (Å²) in [5.41, 5.74) is 3.23. The van der Waals surface area contributed by atoms with Gasteiger partial charge in [0, 0.05) is 16.9 Å². The fourth-order valence-electron chi connectivity index (χ4n) is 2.28. The van der Waals surface area contributed by atoms with Gasteiger partial charge in [0.25, 0.3) is 5.91 Å². The second kappa shape index (κ2) is 4.80. The lowest BCUT2D eigenvalue weighted by molar-refractivity contribution is -0.116. The molecule has 2 N–H and O–H groups in total. The van der Waals surface area contributed by atoms with Crippen LogP contribution in [0, 0.1) is 12.7 Å². The number of halogens is 2. The molecule has 1 amide bonds. The topological polar surface area (TPSA) is 41.1 Å². The van der Waals surface area contributed by atoms with Crippen molar-refractivity contribution in [3.63, 3.8) is 0 Å². The summed E-state index contributed by atoms with van der Waals surface area (Å²) in [4.78, 5) is 12.0. The van der Waals surface area contributed by atoms with Crippen molar-refractivity contribution in [3.8, 4) is 0 Å². The number of carbonyl (C=O) groups excluding carboxylic acids is 1. The monoisotopic (exact) mass is 290 g/mol. The van der Waals surface area contributed by atoms with E-state index in [1.165, 1.54) is 12.1 Å². The van der Waals surface area contributed by atoms with Crippen LogP contribution in [-0.2, 0) is 4.79 Å². The number of nitrogens with one attached hydrogen (secondary N) is 2. The molecule has 0 spiro atoms. The Bertz CT molecular complexity index is 702. The molecule has 1 heterocycles. The fourth-order valence-corrected chi connectivity index (χ4v) is 2.39. The average molecular weight is 291 g/mol. The Kier molecular flexibility index (Phi) is 3.10. The van der Waals surface area contributed by atoms with Crippen LogP contribution in [0.3, 0.4) is 0 Å². The molecule has 0 radical (unpaired) electrons. The Hall–Kier alpha value is -2.07. The van der Waals surface area contributed by atoms with Crippen molar-refractivity contribution in [1.29, 1.82) is 0 Å². The van der Waals surface area contributed by atoms with E-state index in [1.54, 1.807) is 6.07 Å². The molecule has 2 aromatic rings. The van der Waals surface area contributed by atoms with Crippen LogP contribution < -0.4 is 10.6 Å².